The van der Waals surface area contributed by atoms with Gasteiger partial charge in [0.1, 0.15) is 6.54 Å². The monoisotopic (exact) mass is 211 g/mol. The van der Waals surface area contributed by atoms with Crippen LogP contribution < -0.4 is 4.90 Å². The maximum atomic E-state index is 12.6. The number of carboxylic acid groups (broad SMARTS) is 1. The summed E-state index contributed by atoms with van der Waals surface area (Å²) in [4.78, 5) is 19.7. The van der Waals surface area contributed by atoms with Gasteiger partial charge in [0.25, 0.3) is 0 Å². The van der Waals surface area contributed by atoms with E-state index in [9.17, 15) is 9.18 Å². The van der Waals surface area contributed by atoms with Gasteiger partial charge in [-0.1, -0.05) is 0 Å². The Morgan fingerprint density at radius 1 is 1.53 bits per heavy atom. The number of nitrogens with zero attached hydrogens (tertiary/aromatic N) is 3. The van der Waals surface area contributed by atoms with Crippen molar-refractivity contribution in [1.29, 1.82) is 0 Å². The van der Waals surface area contributed by atoms with Crippen LogP contribution in [0.5, 0.6) is 0 Å². The molecule has 1 aliphatic carbocycles. The van der Waals surface area contributed by atoms with E-state index in [4.69, 9.17) is 5.11 Å². The van der Waals surface area contributed by atoms with Crippen LogP contribution in [0.4, 0.5) is 10.3 Å². The average Bonchev–Trinajstić information content (AvgIpc) is 2.99. The van der Waals surface area contributed by atoms with Crippen molar-refractivity contribution in [1.82, 2.24) is 9.97 Å². The summed E-state index contributed by atoms with van der Waals surface area (Å²) in [5, 5.41) is 8.71. The van der Waals surface area contributed by atoms with Crippen LogP contribution in [0.3, 0.4) is 0 Å². The van der Waals surface area contributed by atoms with Gasteiger partial charge in [0.2, 0.25) is 5.95 Å². The second-order valence-corrected chi connectivity index (χ2v) is 3.45. The van der Waals surface area contributed by atoms with Crippen molar-refractivity contribution in [2.24, 2.45) is 0 Å². The van der Waals surface area contributed by atoms with E-state index >= 15 is 0 Å². The van der Waals surface area contributed by atoms with Crippen molar-refractivity contribution in [3.05, 3.63) is 18.2 Å². The minimum Gasteiger partial charge on any atom is -0.480 e. The second kappa shape index (κ2) is 3.80. The molecular formula is C9H10FN3O2. The largest absolute Gasteiger partial charge is 0.480 e. The molecule has 1 N–H and O–H groups in total. The van der Waals surface area contributed by atoms with Crippen molar-refractivity contribution in [2.75, 3.05) is 11.4 Å². The fourth-order valence-electron chi connectivity index (χ4n) is 1.35. The van der Waals surface area contributed by atoms with Crippen LogP contribution in [0.25, 0.3) is 0 Å². The molecule has 1 saturated carbocycles. The molecule has 0 aromatic carbocycles. The van der Waals surface area contributed by atoms with Crippen molar-refractivity contribution in [3.63, 3.8) is 0 Å². The number of carbonyl (C=O) groups is 1. The van der Waals surface area contributed by atoms with Gasteiger partial charge in [0.15, 0.2) is 5.82 Å². The number of hydrogen-bond acceptors (Lipinski definition) is 4. The van der Waals surface area contributed by atoms with E-state index in [1.807, 2.05) is 0 Å². The molecular weight excluding hydrogens is 201 g/mol. The fourth-order valence-corrected chi connectivity index (χ4v) is 1.35. The number of halogens is 1. The first kappa shape index (κ1) is 9.82. The van der Waals surface area contributed by atoms with E-state index in [2.05, 4.69) is 9.97 Å². The molecule has 6 heteroatoms. The Labute approximate surface area is 85.6 Å². The number of hydrogen-bond donors (Lipinski definition) is 1. The first-order valence-corrected chi connectivity index (χ1v) is 4.63. The van der Waals surface area contributed by atoms with Gasteiger partial charge in [-0.2, -0.15) is 0 Å². The second-order valence-electron chi connectivity index (χ2n) is 3.45. The summed E-state index contributed by atoms with van der Waals surface area (Å²) < 4.78 is 12.6. The zero-order chi connectivity index (χ0) is 10.8. The lowest BCUT2D eigenvalue weighted by atomic mass is 10.5. The molecule has 0 saturated heterocycles. The molecule has 0 aliphatic heterocycles. The molecule has 1 aromatic rings. The molecule has 2 rings (SSSR count). The quantitative estimate of drug-likeness (QED) is 0.792. The molecule has 80 valence electrons. The summed E-state index contributed by atoms with van der Waals surface area (Å²) >= 11 is 0. The molecule has 5 nitrogen and oxygen atoms in total. The zero-order valence-corrected chi connectivity index (χ0v) is 7.93. The van der Waals surface area contributed by atoms with Crippen LogP contribution in [0.15, 0.2) is 12.4 Å². The summed E-state index contributed by atoms with van der Waals surface area (Å²) in [5.41, 5.74) is 0. The Hall–Kier alpha value is -1.72. The smallest absolute Gasteiger partial charge is 0.323 e. The molecule has 0 amide bonds. The Morgan fingerprint density at radius 3 is 2.60 bits per heavy atom. The van der Waals surface area contributed by atoms with Crippen molar-refractivity contribution in [2.45, 2.75) is 18.9 Å². The number of aromatic nitrogens is 2. The van der Waals surface area contributed by atoms with E-state index in [1.54, 1.807) is 4.90 Å². The minimum absolute atomic E-state index is 0.143. The predicted octanol–water partition coefficient (Wildman–Crippen LogP) is 0.669. The van der Waals surface area contributed by atoms with E-state index in [0.29, 0.717) is 0 Å². The highest BCUT2D eigenvalue weighted by molar-refractivity contribution is 5.73. The van der Waals surface area contributed by atoms with Gasteiger partial charge in [-0.15, -0.1) is 0 Å². The molecule has 0 radical (unpaired) electrons. The topological polar surface area (TPSA) is 66.3 Å². The third kappa shape index (κ3) is 2.39. The normalized spacial score (nSPS) is 15.0. The number of rotatable bonds is 4. The molecule has 15 heavy (non-hydrogen) atoms. The van der Waals surface area contributed by atoms with Crippen LogP contribution >= 0.6 is 0 Å². The van der Waals surface area contributed by atoms with Crippen LogP contribution in [0, 0.1) is 5.82 Å². The highest BCUT2D eigenvalue weighted by atomic mass is 19.1. The van der Waals surface area contributed by atoms with Gasteiger partial charge in [-0.25, -0.2) is 14.4 Å². The summed E-state index contributed by atoms with van der Waals surface area (Å²) in [7, 11) is 0. The van der Waals surface area contributed by atoms with Crippen molar-refractivity contribution < 1.29 is 14.3 Å². The Morgan fingerprint density at radius 2 is 2.13 bits per heavy atom. The highest BCUT2D eigenvalue weighted by Gasteiger charge is 2.32. The Bertz CT molecular complexity index is 364. The Balaban J connectivity index is 2.16. The summed E-state index contributed by atoms with van der Waals surface area (Å²) in [5.74, 6) is -1.18. The maximum absolute atomic E-state index is 12.6. The number of aliphatic carboxylic acids is 1. The van der Waals surface area contributed by atoms with Gasteiger partial charge in [0, 0.05) is 6.04 Å². The Kier molecular flexibility index (Phi) is 2.49. The van der Waals surface area contributed by atoms with Gasteiger partial charge in [-0.05, 0) is 12.8 Å². The molecule has 1 aromatic heterocycles. The van der Waals surface area contributed by atoms with Crippen LogP contribution in [0.2, 0.25) is 0 Å². The minimum atomic E-state index is -0.935. The summed E-state index contributed by atoms with van der Waals surface area (Å²) in [6, 6.07) is 0.187. The van der Waals surface area contributed by atoms with Crippen LogP contribution in [-0.4, -0.2) is 33.6 Å². The van der Waals surface area contributed by atoms with Crippen LogP contribution in [0.1, 0.15) is 12.8 Å². The predicted molar refractivity (Wildman–Crippen MR) is 50.0 cm³/mol. The molecule has 0 unspecified atom stereocenters. The SMILES string of the molecule is O=C(O)CN(c1ncc(F)cn1)C1CC1. The third-order valence-electron chi connectivity index (χ3n) is 2.16. The highest BCUT2D eigenvalue weighted by Crippen LogP contribution is 2.29. The number of carboxylic acids is 1. The maximum Gasteiger partial charge on any atom is 0.323 e. The van der Waals surface area contributed by atoms with E-state index in [0.717, 1.165) is 25.2 Å². The molecule has 0 spiro atoms. The molecule has 1 fully saturated rings. The van der Waals surface area contributed by atoms with E-state index < -0.39 is 11.8 Å². The lowest BCUT2D eigenvalue weighted by molar-refractivity contribution is -0.135. The first-order chi connectivity index (χ1) is 7.16. The first-order valence-electron chi connectivity index (χ1n) is 4.63. The zero-order valence-electron chi connectivity index (χ0n) is 7.93. The standard InChI is InChI=1S/C9H10FN3O2/c10-6-3-11-9(12-4-6)13(5-8(14)15)7-1-2-7/h3-4,7H,1-2,5H2,(H,14,15). The van der Waals surface area contributed by atoms with Crippen molar-refractivity contribution in [3.8, 4) is 0 Å². The molecule has 0 atom stereocenters. The lowest BCUT2D eigenvalue weighted by Crippen LogP contribution is -2.33. The lowest BCUT2D eigenvalue weighted by Gasteiger charge is -2.19. The molecule has 1 aliphatic rings. The van der Waals surface area contributed by atoms with Gasteiger partial charge in [0.05, 0.1) is 12.4 Å². The summed E-state index contributed by atoms with van der Waals surface area (Å²) in [6.45, 7) is -0.143. The van der Waals surface area contributed by atoms with E-state index in [-0.39, 0.29) is 18.5 Å². The third-order valence-corrected chi connectivity index (χ3v) is 2.16. The van der Waals surface area contributed by atoms with Crippen LogP contribution in [-0.2, 0) is 4.79 Å². The van der Waals surface area contributed by atoms with Gasteiger partial charge < -0.3 is 10.0 Å². The molecule has 1 heterocycles. The molecule has 0 bridgehead atoms. The van der Waals surface area contributed by atoms with Gasteiger partial charge in [-0.3, -0.25) is 4.79 Å². The number of anilines is 1. The van der Waals surface area contributed by atoms with Crippen molar-refractivity contribution >= 4 is 11.9 Å². The fraction of sp³-hybridized carbons (Fsp3) is 0.444. The average molecular weight is 211 g/mol. The van der Waals surface area contributed by atoms with Gasteiger partial charge >= 0.3 is 5.97 Å². The van der Waals surface area contributed by atoms with E-state index in [1.165, 1.54) is 0 Å². The summed E-state index contributed by atoms with van der Waals surface area (Å²) in [6.07, 6.45) is 3.96.